The van der Waals surface area contributed by atoms with Crippen LogP contribution < -0.4 is 10.9 Å². The lowest BCUT2D eigenvalue weighted by Gasteiger charge is -2.27. The molecule has 0 saturated heterocycles. The fraction of sp³-hybridized carbons (Fsp3) is 0.500. The molecule has 0 atom stereocenters. The molecule has 0 fully saturated rings. The van der Waals surface area contributed by atoms with Gasteiger partial charge in [-0.1, -0.05) is 6.07 Å². The van der Waals surface area contributed by atoms with E-state index in [0.29, 0.717) is 30.4 Å². The molecule has 1 aromatic carbocycles. The monoisotopic (exact) mass is 390 g/mol. The van der Waals surface area contributed by atoms with Gasteiger partial charge in [-0.3, -0.25) is 4.79 Å². The molecule has 2 rings (SSSR count). The first-order chi connectivity index (χ1) is 12.8. The second-order valence-electron chi connectivity index (χ2n) is 7.12. The Labute approximate surface area is 166 Å². The Morgan fingerprint density at radius 3 is 2.63 bits per heavy atom. The van der Waals surface area contributed by atoms with Crippen LogP contribution in [0.2, 0.25) is 0 Å². The van der Waals surface area contributed by atoms with Crippen LogP contribution in [0.4, 0.5) is 0 Å². The number of hydrogen-bond donors (Lipinski definition) is 2. The van der Waals surface area contributed by atoms with Crippen molar-refractivity contribution in [3.05, 3.63) is 45.2 Å². The van der Waals surface area contributed by atoms with Gasteiger partial charge in [-0.25, -0.2) is 0 Å². The quantitative estimate of drug-likeness (QED) is 0.531. The van der Waals surface area contributed by atoms with Gasteiger partial charge in [0, 0.05) is 43.2 Å². The number of likely N-dealkylation sites (N-methyl/N-ethyl adjacent to an activating group) is 1. The molecule has 0 radical (unpaired) electrons. The van der Waals surface area contributed by atoms with E-state index in [9.17, 15) is 4.79 Å². The van der Waals surface area contributed by atoms with Crippen molar-refractivity contribution >= 4 is 28.2 Å². The van der Waals surface area contributed by atoms with Gasteiger partial charge in [0.1, 0.15) is 0 Å². The number of aromatic nitrogens is 1. The molecule has 0 bridgehead atoms. The van der Waals surface area contributed by atoms with Crippen LogP contribution in [-0.2, 0) is 11.3 Å². The number of fused-ring (bicyclic) bond motifs is 1. The van der Waals surface area contributed by atoms with Gasteiger partial charge in [0.25, 0.3) is 5.56 Å². The molecule has 1 aromatic heterocycles. The van der Waals surface area contributed by atoms with E-state index < -0.39 is 0 Å². The number of benzene rings is 1. The first-order valence-corrected chi connectivity index (χ1v) is 9.52. The van der Waals surface area contributed by atoms with Crippen LogP contribution >= 0.6 is 12.2 Å². The van der Waals surface area contributed by atoms with Crippen LogP contribution in [0.5, 0.6) is 0 Å². The summed E-state index contributed by atoms with van der Waals surface area (Å²) in [5.41, 5.74) is 3.82. The van der Waals surface area contributed by atoms with Gasteiger partial charge in [0.2, 0.25) is 0 Å². The van der Waals surface area contributed by atoms with Crippen molar-refractivity contribution in [2.45, 2.75) is 20.4 Å². The van der Waals surface area contributed by atoms with Crippen molar-refractivity contribution < 1.29 is 4.74 Å². The number of pyridine rings is 1. The Balaban J connectivity index is 2.28. The summed E-state index contributed by atoms with van der Waals surface area (Å²) < 4.78 is 5.07. The second-order valence-corrected chi connectivity index (χ2v) is 7.50. The molecule has 6 nitrogen and oxygen atoms in total. The highest BCUT2D eigenvalue weighted by molar-refractivity contribution is 7.80. The molecule has 0 amide bonds. The summed E-state index contributed by atoms with van der Waals surface area (Å²) in [5.74, 6) is 0. The predicted octanol–water partition coefficient (Wildman–Crippen LogP) is 2.03. The van der Waals surface area contributed by atoms with Crippen molar-refractivity contribution in [3.63, 3.8) is 0 Å². The van der Waals surface area contributed by atoms with E-state index >= 15 is 0 Å². The maximum absolute atomic E-state index is 12.6. The van der Waals surface area contributed by atoms with Crippen LogP contribution in [-0.4, -0.2) is 67.3 Å². The number of aromatic amines is 1. The smallest absolute Gasteiger partial charge is 0.253 e. The molecule has 7 heteroatoms. The number of methoxy groups -OCH3 is 1. The van der Waals surface area contributed by atoms with Crippen LogP contribution in [0.25, 0.3) is 10.9 Å². The van der Waals surface area contributed by atoms with Gasteiger partial charge in [-0.15, -0.1) is 0 Å². The fourth-order valence-electron chi connectivity index (χ4n) is 2.98. The number of nitrogens with zero attached hydrogens (tertiary/aromatic N) is 2. The van der Waals surface area contributed by atoms with Gasteiger partial charge in [-0.05, 0) is 63.4 Å². The lowest BCUT2D eigenvalue weighted by Crippen LogP contribution is -2.44. The minimum atomic E-state index is -0.0676. The molecule has 27 heavy (non-hydrogen) atoms. The number of nitrogens with one attached hydrogen (secondary N) is 2. The van der Waals surface area contributed by atoms with Gasteiger partial charge < -0.3 is 24.8 Å². The van der Waals surface area contributed by atoms with Crippen molar-refractivity contribution in [1.82, 2.24) is 20.1 Å². The molecule has 2 N–H and O–H groups in total. The summed E-state index contributed by atoms with van der Waals surface area (Å²) >= 11 is 5.55. The molecule has 148 valence electrons. The summed E-state index contributed by atoms with van der Waals surface area (Å²) in [5, 5.41) is 4.91. The van der Waals surface area contributed by atoms with Gasteiger partial charge in [0.05, 0.1) is 13.2 Å². The lowest BCUT2D eigenvalue weighted by molar-refractivity contribution is 0.202. The summed E-state index contributed by atoms with van der Waals surface area (Å²) in [7, 11) is 5.70. The number of H-pyrrole nitrogens is 1. The Bertz CT molecular complexity index is 848. The molecule has 0 aliphatic heterocycles. The van der Waals surface area contributed by atoms with E-state index in [1.807, 2.05) is 38.1 Å². The molecule has 0 spiro atoms. The predicted molar refractivity (Wildman–Crippen MR) is 115 cm³/mol. The van der Waals surface area contributed by atoms with Crippen LogP contribution in [0, 0.1) is 13.8 Å². The number of thiocarbonyl (C=S) groups is 1. The highest BCUT2D eigenvalue weighted by Crippen LogP contribution is 2.19. The minimum absolute atomic E-state index is 0.0676. The largest absolute Gasteiger partial charge is 0.383 e. The average Bonchev–Trinajstić information content (AvgIpc) is 2.59. The van der Waals surface area contributed by atoms with E-state index in [-0.39, 0.29) is 5.56 Å². The molecule has 0 unspecified atom stereocenters. The second kappa shape index (κ2) is 9.82. The molecule has 2 aromatic rings. The van der Waals surface area contributed by atoms with Gasteiger partial charge in [-0.2, -0.15) is 0 Å². The molecule has 0 aliphatic carbocycles. The number of rotatable bonds is 8. The Kier molecular flexibility index (Phi) is 7.77. The topological polar surface area (TPSA) is 60.6 Å². The van der Waals surface area contributed by atoms with E-state index in [1.165, 1.54) is 0 Å². The van der Waals surface area contributed by atoms with Crippen molar-refractivity contribution in [2.75, 3.05) is 47.4 Å². The number of hydrogen-bond acceptors (Lipinski definition) is 4. The van der Waals surface area contributed by atoms with Gasteiger partial charge in [0.15, 0.2) is 5.11 Å². The molecule has 0 saturated carbocycles. The zero-order valence-corrected chi connectivity index (χ0v) is 17.7. The lowest BCUT2D eigenvalue weighted by atomic mass is 10.0. The summed E-state index contributed by atoms with van der Waals surface area (Å²) in [6.07, 6.45) is 0. The molecular formula is C20H30N4O2S. The SMILES string of the molecule is COCCNC(=S)N(CCN(C)C)Cc1cc2c(C)cc(C)cc2[nH]c1=O. The first-order valence-electron chi connectivity index (χ1n) is 9.11. The Hall–Kier alpha value is -1.96. The zero-order valence-electron chi connectivity index (χ0n) is 16.9. The van der Waals surface area contributed by atoms with Crippen molar-refractivity contribution in [2.24, 2.45) is 0 Å². The standard InChI is InChI=1S/C20H30N4O2S/c1-14-10-15(2)17-12-16(19(25)22-18(17)11-14)13-24(8-7-23(3)4)20(27)21-6-9-26-5/h10-12H,6-9,13H2,1-5H3,(H,21,27)(H,22,25). The van der Waals surface area contributed by atoms with E-state index in [4.69, 9.17) is 17.0 Å². The van der Waals surface area contributed by atoms with E-state index in [1.54, 1.807) is 7.11 Å². The normalized spacial score (nSPS) is 11.2. The molecule has 0 aliphatic rings. The third kappa shape index (κ3) is 6.02. The zero-order chi connectivity index (χ0) is 20.0. The minimum Gasteiger partial charge on any atom is -0.383 e. The van der Waals surface area contributed by atoms with Crippen LogP contribution in [0.1, 0.15) is 16.7 Å². The third-order valence-corrected chi connectivity index (χ3v) is 4.84. The van der Waals surface area contributed by atoms with Crippen molar-refractivity contribution in [1.29, 1.82) is 0 Å². The molecule has 1 heterocycles. The van der Waals surface area contributed by atoms with Gasteiger partial charge >= 0.3 is 0 Å². The number of ether oxygens (including phenoxy) is 1. The van der Waals surface area contributed by atoms with E-state index in [2.05, 4.69) is 28.2 Å². The fourth-order valence-corrected chi connectivity index (χ4v) is 3.24. The number of aryl methyl sites for hydroxylation is 2. The highest BCUT2D eigenvalue weighted by Gasteiger charge is 2.14. The summed E-state index contributed by atoms with van der Waals surface area (Å²) in [6.45, 7) is 7.36. The summed E-state index contributed by atoms with van der Waals surface area (Å²) in [6, 6.07) is 6.13. The Morgan fingerprint density at radius 2 is 1.96 bits per heavy atom. The Morgan fingerprint density at radius 1 is 1.22 bits per heavy atom. The molecular weight excluding hydrogens is 360 g/mol. The van der Waals surface area contributed by atoms with Crippen molar-refractivity contribution in [3.8, 4) is 0 Å². The van der Waals surface area contributed by atoms with Crippen LogP contribution in [0.15, 0.2) is 23.0 Å². The average molecular weight is 391 g/mol. The highest BCUT2D eigenvalue weighted by atomic mass is 32.1. The maximum Gasteiger partial charge on any atom is 0.253 e. The first kappa shape index (κ1) is 21.3. The third-order valence-electron chi connectivity index (χ3n) is 4.44. The maximum atomic E-state index is 12.6. The summed E-state index contributed by atoms with van der Waals surface area (Å²) in [4.78, 5) is 19.8. The van der Waals surface area contributed by atoms with E-state index in [0.717, 1.165) is 35.1 Å². The van der Waals surface area contributed by atoms with Crippen LogP contribution in [0.3, 0.4) is 0 Å².